The standard InChI is InChI=1S/C14H13N3O/c1-18-14-5-2-10(6-11(14)7-15)13-4-3-12-8-16-9-17(12)13/h2,5-6,8-9,13H,3-4H2,1H3. The molecule has 0 aliphatic carbocycles. The molecule has 90 valence electrons. The number of aryl methyl sites for hydroxylation is 1. The fraction of sp³-hybridized carbons (Fsp3) is 0.286. The van der Waals surface area contributed by atoms with Crippen LogP contribution in [0.15, 0.2) is 30.7 Å². The van der Waals surface area contributed by atoms with E-state index in [1.54, 1.807) is 7.11 Å². The van der Waals surface area contributed by atoms with Gasteiger partial charge in [0, 0.05) is 11.9 Å². The van der Waals surface area contributed by atoms with Gasteiger partial charge in [-0.15, -0.1) is 0 Å². The third-order valence-electron chi connectivity index (χ3n) is 3.48. The molecule has 4 nitrogen and oxygen atoms in total. The summed E-state index contributed by atoms with van der Waals surface area (Å²) in [4.78, 5) is 4.17. The molecule has 0 amide bonds. The Bertz CT molecular complexity index is 624. The lowest BCUT2D eigenvalue weighted by Crippen LogP contribution is -2.05. The van der Waals surface area contributed by atoms with Gasteiger partial charge in [0.2, 0.25) is 0 Å². The topological polar surface area (TPSA) is 50.8 Å². The summed E-state index contributed by atoms with van der Waals surface area (Å²) in [6.07, 6.45) is 5.88. The third-order valence-corrected chi connectivity index (χ3v) is 3.48. The van der Waals surface area contributed by atoms with Gasteiger partial charge in [0.25, 0.3) is 0 Å². The van der Waals surface area contributed by atoms with Crippen molar-refractivity contribution in [1.29, 1.82) is 5.26 Å². The maximum atomic E-state index is 9.12. The summed E-state index contributed by atoms with van der Waals surface area (Å²) >= 11 is 0. The van der Waals surface area contributed by atoms with Crippen molar-refractivity contribution < 1.29 is 4.74 Å². The molecule has 1 aromatic heterocycles. The normalized spacial score (nSPS) is 17.2. The first-order valence-electron chi connectivity index (χ1n) is 5.92. The molecule has 0 saturated heterocycles. The van der Waals surface area contributed by atoms with E-state index in [9.17, 15) is 0 Å². The first kappa shape index (κ1) is 10.8. The Hall–Kier alpha value is -2.28. The summed E-state index contributed by atoms with van der Waals surface area (Å²) in [5.41, 5.74) is 2.99. The number of benzene rings is 1. The predicted octanol–water partition coefficient (Wildman–Crippen LogP) is 2.30. The second-order valence-electron chi connectivity index (χ2n) is 4.42. The highest BCUT2D eigenvalue weighted by molar-refractivity contribution is 5.46. The number of nitrogens with zero attached hydrogens (tertiary/aromatic N) is 3. The van der Waals surface area contributed by atoms with E-state index in [-0.39, 0.29) is 0 Å². The molecular weight excluding hydrogens is 226 g/mol. The lowest BCUT2D eigenvalue weighted by atomic mass is 10.0. The van der Waals surface area contributed by atoms with Crippen molar-refractivity contribution in [3.05, 3.63) is 47.5 Å². The van der Waals surface area contributed by atoms with Crippen LogP contribution in [0.3, 0.4) is 0 Å². The summed E-state index contributed by atoms with van der Waals surface area (Å²) in [5.74, 6) is 0.630. The maximum Gasteiger partial charge on any atom is 0.136 e. The number of hydrogen-bond donors (Lipinski definition) is 0. The van der Waals surface area contributed by atoms with Crippen molar-refractivity contribution in [2.24, 2.45) is 0 Å². The van der Waals surface area contributed by atoms with E-state index in [2.05, 4.69) is 15.6 Å². The molecule has 18 heavy (non-hydrogen) atoms. The van der Waals surface area contributed by atoms with Crippen LogP contribution in [-0.4, -0.2) is 16.7 Å². The van der Waals surface area contributed by atoms with Crippen LogP contribution < -0.4 is 4.74 Å². The summed E-state index contributed by atoms with van der Waals surface area (Å²) in [6, 6.07) is 8.28. The van der Waals surface area contributed by atoms with Crippen LogP contribution in [0.1, 0.15) is 29.3 Å². The van der Waals surface area contributed by atoms with E-state index < -0.39 is 0 Å². The Morgan fingerprint density at radius 2 is 2.39 bits per heavy atom. The van der Waals surface area contributed by atoms with Gasteiger partial charge in [0.1, 0.15) is 11.8 Å². The molecule has 0 bridgehead atoms. The van der Waals surface area contributed by atoms with Gasteiger partial charge in [-0.1, -0.05) is 6.07 Å². The molecule has 0 fully saturated rings. The minimum absolute atomic E-state index is 0.292. The SMILES string of the molecule is COc1ccc(C2CCc3cncn32)cc1C#N. The average Bonchev–Trinajstić information content (AvgIpc) is 3.00. The maximum absolute atomic E-state index is 9.12. The fourth-order valence-electron chi connectivity index (χ4n) is 2.58. The zero-order valence-corrected chi connectivity index (χ0v) is 10.1. The molecule has 0 radical (unpaired) electrons. The van der Waals surface area contributed by atoms with Crippen molar-refractivity contribution in [2.75, 3.05) is 7.11 Å². The Morgan fingerprint density at radius 3 is 3.17 bits per heavy atom. The van der Waals surface area contributed by atoms with E-state index in [1.165, 1.54) is 5.69 Å². The Balaban J connectivity index is 2.02. The molecule has 1 aliphatic heterocycles. The second kappa shape index (κ2) is 4.19. The van der Waals surface area contributed by atoms with E-state index >= 15 is 0 Å². The van der Waals surface area contributed by atoms with E-state index in [4.69, 9.17) is 10.00 Å². The van der Waals surface area contributed by atoms with Crippen molar-refractivity contribution in [2.45, 2.75) is 18.9 Å². The molecule has 3 rings (SSSR count). The second-order valence-corrected chi connectivity index (χ2v) is 4.42. The molecule has 2 aromatic rings. The van der Waals surface area contributed by atoms with Gasteiger partial charge in [-0.3, -0.25) is 0 Å². The smallest absolute Gasteiger partial charge is 0.136 e. The summed E-state index contributed by atoms with van der Waals surface area (Å²) in [7, 11) is 1.58. The highest BCUT2D eigenvalue weighted by Gasteiger charge is 2.23. The lowest BCUT2D eigenvalue weighted by Gasteiger charge is -2.14. The molecule has 0 saturated carbocycles. The molecular formula is C14H13N3O. The zero-order chi connectivity index (χ0) is 12.5. The van der Waals surface area contributed by atoms with Gasteiger partial charge in [-0.25, -0.2) is 4.98 Å². The molecule has 1 aromatic carbocycles. The van der Waals surface area contributed by atoms with Gasteiger partial charge in [-0.2, -0.15) is 5.26 Å². The molecule has 1 atom stereocenters. The predicted molar refractivity (Wildman–Crippen MR) is 66.4 cm³/mol. The number of methoxy groups -OCH3 is 1. The van der Waals surface area contributed by atoms with Crippen LogP contribution in [0.4, 0.5) is 0 Å². The summed E-state index contributed by atoms with van der Waals surface area (Å²) in [6.45, 7) is 0. The van der Waals surface area contributed by atoms with Crippen LogP contribution >= 0.6 is 0 Å². The van der Waals surface area contributed by atoms with E-state index in [1.807, 2.05) is 30.7 Å². The number of ether oxygens (including phenoxy) is 1. The van der Waals surface area contributed by atoms with E-state index in [0.29, 0.717) is 17.4 Å². The first-order chi connectivity index (χ1) is 8.83. The van der Waals surface area contributed by atoms with Crippen molar-refractivity contribution in [3.8, 4) is 11.8 Å². The highest BCUT2D eigenvalue weighted by atomic mass is 16.5. The number of hydrogen-bond acceptors (Lipinski definition) is 3. The number of nitriles is 1. The van der Waals surface area contributed by atoms with Crippen LogP contribution in [0.2, 0.25) is 0 Å². The van der Waals surface area contributed by atoms with Gasteiger partial charge in [0.05, 0.1) is 25.0 Å². The van der Waals surface area contributed by atoms with Crippen molar-refractivity contribution in [1.82, 2.24) is 9.55 Å². The van der Waals surface area contributed by atoms with Gasteiger partial charge in [0.15, 0.2) is 0 Å². The minimum atomic E-state index is 0.292. The van der Waals surface area contributed by atoms with Gasteiger partial charge < -0.3 is 9.30 Å². The summed E-state index contributed by atoms with van der Waals surface area (Å²) < 4.78 is 7.35. The third kappa shape index (κ3) is 1.56. The van der Waals surface area contributed by atoms with Crippen LogP contribution in [0.5, 0.6) is 5.75 Å². The Kier molecular flexibility index (Phi) is 2.52. The van der Waals surface area contributed by atoms with Crippen molar-refractivity contribution in [3.63, 3.8) is 0 Å². The summed E-state index contributed by atoms with van der Waals surface area (Å²) in [5, 5.41) is 9.12. The quantitative estimate of drug-likeness (QED) is 0.808. The molecule has 0 spiro atoms. The molecule has 2 heterocycles. The van der Waals surface area contributed by atoms with Gasteiger partial charge in [-0.05, 0) is 30.5 Å². The number of aromatic nitrogens is 2. The molecule has 1 unspecified atom stereocenters. The zero-order valence-electron chi connectivity index (χ0n) is 10.1. The van der Waals surface area contributed by atoms with Gasteiger partial charge >= 0.3 is 0 Å². The molecule has 4 heteroatoms. The Morgan fingerprint density at radius 1 is 1.50 bits per heavy atom. The lowest BCUT2D eigenvalue weighted by molar-refractivity contribution is 0.413. The molecule has 1 aliphatic rings. The monoisotopic (exact) mass is 239 g/mol. The van der Waals surface area contributed by atoms with Crippen molar-refractivity contribution >= 4 is 0 Å². The first-order valence-corrected chi connectivity index (χ1v) is 5.92. The van der Waals surface area contributed by atoms with Crippen LogP contribution in [0.25, 0.3) is 0 Å². The van der Waals surface area contributed by atoms with Crippen LogP contribution in [-0.2, 0) is 6.42 Å². The van der Waals surface area contributed by atoms with Crippen LogP contribution in [0, 0.1) is 11.3 Å². The molecule has 0 N–H and O–H groups in total. The minimum Gasteiger partial charge on any atom is -0.495 e. The Labute approximate surface area is 105 Å². The number of fused-ring (bicyclic) bond motifs is 1. The van der Waals surface area contributed by atoms with E-state index in [0.717, 1.165) is 18.4 Å². The number of imidazole rings is 1. The fourth-order valence-corrected chi connectivity index (χ4v) is 2.58. The number of rotatable bonds is 2. The highest BCUT2D eigenvalue weighted by Crippen LogP contribution is 2.33. The largest absolute Gasteiger partial charge is 0.495 e. The average molecular weight is 239 g/mol.